The van der Waals surface area contributed by atoms with Crippen LogP contribution in [0, 0.1) is 5.92 Å². The second kappa shape index (κ2) is 2.45. The van der Waals surface area contributed by atoms with E-state index in [1.165, 1.54) is 19.5 Å². The average Bonchev–Trinajstić information content (AvgIpc) is 2.30. The zero-order valence-electron chi connectivity index (χ0n) is 6.84. The third-order valence-electron chi connectivity index (χ3n) is 2.59. The molecule has 1 fully saturated rings. The van der Waals surface area contributed by atoms with E-state index in [4.69, 9.17) is 0 Å². The molecule has 0 N–H and O–H groups in total. The molecule has 0 aromatic carbocycles. The van der Waals surface area contributed by atoms with E-state index in [1.54, 1.807) is 6.92 Å². The van der Waals surface area contributed by atoms with Crippen LogP contribution in [-0.4, -0.2) is 30.3 Å². The molecule has 0 amide bonds. The summed E-state index contributed by atoms with van der Waals surface area (Å²) < 4.78 is 0. The van der Waals surface area contributed by atoms with Gasteiger partial charge in [-0.1, -0.05) is 6.08 Å². The Kier molecular flexibility index (Phi) is 1.57. The highest BCUT2D eigenvalue weighted by Crippen LogP contribution is 2.25. The number of nitrogens with zero attached hydrogens (tertiary/aromatic N) is 1. The third kappa shape index (κ3) is 1.23. The van der Waals surface area contributed by atoms with Gasteiger partial charge in [-0.25, -0.2) is 0 Å². The molecular formula is C9H13NO. The quantitative estimate of drug-likeness (QED) is 0.553. The van der Waals surface area contributed by atoms with Crippen LogP contribution < -0.4 is 0 Å². The number of carbonyl (C=O) groups is 1. The normalized spacial score (nSPS) is 35.2. The van der Waals surface area contributed by atoms with E-state index in [0.717, 1.165) is 12.1 Å². The maximum Gasteiger partial charge on any atom is 0.156 e. The van der Waals surface area contributed by atoms with Crippen molar-refractivity contribution < 1.29 is 4.79 Å². The van der Waals surface area contributed by atoms with Gasteiger partial charge >= 0.3 is 0 Å². The molecule has 0 saturated carbocycles. The highest BCUT2D eigenvalue weighted by molar-refractivity contribution is 5.93. The van der Waals surface area contributed by atoms with Crippen molar-refractivity contribution in [3.8, 4) is 0 Å². The minimum absolute atomic E-state index is 0.251. The van der Waals surface area contributed by atoms with E-state index in [9.17, 15) is 4.79 Å². The van der Waals surface area contributed by atoms with E-state index in [1.807, 2.05) is 0 Å². The van der Waals surface area contributed by atoms with Crippen molar-refractivity contribution >= 4 is 5.78 Å². The fraction of sp³-hybridized carbons (Fsp3) is 0.667. The van der Waals surface area contributed by atoms with Crippen LogP contribution in [0.25, 0.3) is 0 Å². The smallest absolute Gasteiger partial charge is 0.156 e. The van der Waals surface area contributed by atoms with Gasteiger partial charge in [-0.3, -0.25) is 9.69 Å². The molecule has 2 nitrogen and oxygen atoms in total. The molecule has 2 aliphatic heterocycles. The van der Waals surface area contributed by atoms with Crippen LogP contribution in [0.15, 0.2) is 11.6 Å². The van der Waals surface area contributed by atoms with Crippen LogP contribution in [0.4, 0.5) is 0 Å². The number of rotatable bonds is 1. The zero-order chi connectivity index (χ0) is 7.84. The van der Waals surface area contributed by atoms with Crippen molar-refractivity contribution in [2.75, 3.05) is 19.6 Å². The largest absolute Gasteiger partial charge is 0.298 e. The molecule has 0 aromatic rings. The van der Waals surface area contributed by atoms with E-state index in [0.29, 0.717) is 5.92 Å². The monoisotopic (exact) mass is 151 g/mol. The van der Waals surface area contributed by atoms with Gasteiger partial charge < -0.3 is 0 Å². The van der Waals surface area contributed by atoms with Crippen molar-refractivity contribution in [1.29, 1.82) is 0 Å². The highest BCUT2D eigenvalue weighted by atomic mass is 16.1. The van der Waals surface area contributed by atoms with Gasteiger partial charge in [0.15, 0.2) is 5.78 Å². The molecule has 1 saturated heterocycles. The van der Waals surface area contributed by atoms with Crippen LogP contribution in [0.1, 0.15) is 13.3 Å². The van der Waals surface area contributed by atoms with Crippen LogP contribution in [0.5, 0.6) is 0 Å². The predicted molar refractivity (Wildman–Crippen MR) is 43.3 cm³/mol. The second-order valence-corrected chi connectivity index (χ2v) is 3.53. The average molecular weight is 151 g/mol. The zero-order valence-corrected chi connectivity index (χ0v) is 6.84. The molecule has 2 aliphatic rings. The summed E-state index contributed by atoms with van der Waals surface area (Å²) in [6, 6.07) is 0. The van der Waals surface area contributed by atoms with E-state index >= 15 is 0 Å². The molecule has 2 heteroatoms. The first-order valence-electron chi connectivity index (χ1n) is 4.19. The molecule has 2 heterocycles. The fourth-order valence-corrected chi connectivity index (χ4v) is 1.95. The van der Waals surface area contributed by atoms with Gasteiger partial charge in [0.1, 0.15) is 0 Å². The SMILES string of the molecule is CC(=O)C1=CC2CCN(C1)C2. The lowest BCUT2D eigenvalue weighted by atomic mass is 10.0. The highest BCUT2D eigenvalue weighted by Gasteiger charge is 2.27. The lowest BCUT2D eigenvalue weighted by Crippen LogP contribution is -2.28. The molecule has 0 spiro atoms. The summed E-state index contributed by atoms with van der Waals surface area (Å²) in [5.74, 6) is 0.921. The molecule has 0 aromatic heterocycles. The van der Waals surface area contributed by atoms with Gasteiger partial charge in [0.25, 0.3) is 0 Å². The molecule has 60 valence electrons. The summed E-state index contributed by atoms with van der Waals surface area (Å²) in [6.07, 6.45) is 3.42. The maximum absolute atomic E-state index is 11.0. The summed E-state index contributed by atoms with van der Waals surface area (Å²) in [5.41, 5.74) is 1.03. The van der Waals surface area contributed by atoms with Crippen LogP contribution in [-0.2, 0) is 4.79 Å². The number of ketones is 1. The number of carbonyl (C=O) groups excluding carboxylic acids is 1. The Morgan fingerprint density at radius 3 is 3.18 bits per heavy atom. The molecule has 2 rings (SSSR count). The Balaban J connectivity index is 2.19. The van der Waals surface area contributed by atoms with Crippen molar-refractivity contribution in [2.24, 2.45) is 5.92 Å². The Morgan fingerprint density at radius 1 is 1.73 bits per heavy atom. The Morgan fingerprint density at radius 2 is 2.55 bits per heavy atom. The van der Waals surface area contributed by atoms with E-state index < -0.39 is 0 Å². The summed E-state index contributed by atoms with van der Waals surface area (Å²) in [7, 11) is 0. The topological polar surface area (TPSA) is 20.3 Å². The van der Waals surface area contributed by atoms with Crippen molar-refractivity contribution in [1.82, 2.24) is 4.90 Å². The predicted octanol–water partition coefficient (Wildman–Crippen LogP) is 0.837. The number of fused-ring (bicyclic) bond motifs is 2. The van der Waals surface area contributed by atoms with Gasteiger partial charge in [-0.2, -0.15) is 0 Å². The van der Waals surface area contributed by atoms with Gasteiger partial charge in [-0.05, 0) is 25.8 Å². The van der Waals surface area contributed by atoms with Crippen molar-refractivity contribution in [3.63, 3.8) is 0 Å². The van der Waals surface area contributed by atoms with Crippen LogP contribution in [0.3, 0.4) is 0 Å². The Hall–Kier alpha value is -0.630. The molecule has 0 aliphatic carbocycles. The van der Waals surface area contributed by atoms with Crippen LogP contribution >= 0.6 is 0 Å². The summed E-state index contributed by atoms with van der Waals surface area (Å²) >= 11 is 0. The van der Waals surface area contributed by atoms with Crippen molar-refractivity contribution in [3.05, 3.63) is 11.6 Å². The third-order valence-corrected chi connectivity index (χ3v) is 2.59. The minimum Gasteiger partial charge on any atom is -0.298 e. The van der Waals surface area contributed by atoms with Gasteiger partial charge in [0, 0.05) is 18.7 Å². The number of Topliss-reactive ketones (excluding diaryl/α,β-unsaturated/α-hetero) is 1. The standard InChI is InChI=1S/C9H13NO/c1-7(11)9-4-8-2-3-10(5-8)6-9/h4,8H,2-3,5-6H2,1H3. The first-order chi connectivity index (χ1) is 5.25. The molecule has 2 unspecified atom stereocenters. The molecule has 2 bridgehead atoms. The summed E-state index contributed by atoms with van der Waals surface area (Å²) in [6.45, 7) is 4.91. The van der Waals surface area contributed by atoms with E-state index in [2.05, 4.69) is 11.0 Å². The first-order valence-corrected chi connectivity index (χ1v) is 4.19. The first kappa shape index (κ1) is 7.04. The summed E-state index contributed by atoms with van der Waals surface area (Å²) in [4.78, 5) is 13.4. The Labute approximate surface area is 66.9 Å². The minimum atomic E-state index is 0.251. The van der Waals surface area contributed by atoms with Gasteiger partial charge in [-0.15, -0.1) is 0 Å². The van der Waals surface area contributed by atoms with Crippen molar-refractivity contribution in [2.45, 2.75) is 13.3 Å². The lowest BCUT2D eigenvalue weighted by molar-refractivity contribution is -0.113. The van der Waals surface area contributed by atoms with Crippen LogP contribution in [0.2, 0.25) is 0 Å². The Bertz CT molecular complexity index is 220. The molecule has 2 atom stereocenters. The van der Waals surface area contributed by atoms with E-state index in [-0.39, 0.29) is 5.78 Å². The number of hydrogen-bond donors (Lipinski definition) is 0. The second-order valence-electron chi connectivity index (χ2n) is 3.53. The fourth-order valence-electron chi connectivity index (χ4n) is 1.95. The lowest BCUT2D eigenvalue weighted by Gasteiger charge is -2.20. The van der Waals surface area contributed by atoms with Gasteiger partial charge in [0.05, 0.1) is 0 Å². The molecule has 0 radical (unpaired) electrons. The van der Waals surface area contributed by atoms with Gasteiger partial charge in [0.2, 0.25) is 0 Å². The molecule has 11 heavy (non-hydrogen) atoms. The number of hydrogen-bond acceptors (Lipinski definition) is 2. The summed E-state index contributed by atoms with van der Waals surface area (Å²) in [5, 5.41) is 0. The molecular weight excluding hydrogens is 138 g/mol. The maximum atomic E-state index is 11.0.